The van der Waals surface area contributed by atoms with Gasteiger partial charge in [-0.15, -0.1) is 0 Å². The van der Waals surface area contributed by atoms with Crippen LogP contribution < -0.4 is 5.32 Å². The zero-order valence-corrected chi connectivity index (χ0v) is 15.9. The van der Waals surface area contributed by atoms with E-state index in [1.165, 1.54) is 11.3 Å². The fourth-order valence-corrected chi connectivity index (χ4v) is 3.91. The molecule has 4 nitrogen and oxygen atoms in total. The van der Waals surface area contributed by atoms with Gasteiger partial charge in [-0.25, -0.2) is 4.98 Å². The largest absolute Gasteiger partial charge is 0.347 e. The third-order valence-corrected chi connectivity index (χ3v) is 5.14. The highest BCUT2D eigenvalue weighted by molar-refractivity contribution is 9.10. The Bertz CT molecular complexity index is 840. The van der Waals surface area contributed by atoms with E-state index < -0.39 is 0 Å². The van der Waals surface area contributed by atoms with E-state index in [-0.39, 0.29) is 11.8 Å². The van der Waals surface area contributed by atoms with Crippen LogP contribution in [0.15, 0.2) is 53.3 Å². The second kappa shape index (κ2) is 7.32. The van der Waals surface area contributed by atoms with Crippen molar-refractivity contribution in [3.63, 3.8) is 0 Å². The van der Waals surface area contributed by atoms with E-state index >= 15 is 0 Å². The number of hydrogen-bond donors (Lipinski definition) is 1. The number of halogens is 1. The first-order valence-corrected chi connectivity index (χ1v) is 9.32. The van der Waals surface area contributed by atoms with Crippen LogP contribution in [0.2, 0.25) is 0 Å². The van der Waals surface area contributed by atoms with Crippen LogP contribution in [0.3, 0.4) is 0 Å². The van der Waals surface area contributed by atoms with Crippen LogP contribution in [0.25, 0.3) is 5.13 Å². The fourth-order valence-electron chi connectivity index (χ4n) is 2.36. The van der Waals surface area contributed by atoms with Crippen molar-refractivity contribution in [1.82, 2.24) is 14.9 Å². The lowest BCUT2D eigenvalue weighted by molar-refractivity contribution is 0.0953. The molecule has 2 heterocycles. The summed E-state index contributed by atoms with van der Waals surface area (Å²) in [5.74, 6) is 0.117. The van der Waals surface area contributed by atoms with Gasteiger partial charge in [-0.3, -0.25) is 4.79 Å². The van der Waals surface area contributed by atoms with Gasteiger partial charge in [0.1, 0.15) is 4.88 Å². The van der Waals surface area contributed by atoms with Gasteiger partial charge in [-0.05, 0) is 35.7 Å². The van der Waals surface area contributed by atoms with E-state index in [4.69, 9.17) is 0 Å². The number of aromatic nitrogens is 2. The van der Waals surface area contributed by atoms with Crippen molar-refractivity contribution >= 4 is 33.2 Å². The van der Waals surface area contributed by atoms with Crippen molar-refractivity contribution in [3.8, 4) is 5.13 Å². The molecule has 124 valence electrons. The van der Waals surface area contributed by atoms with Crippen LogP contribution in [0.4, 0.5) is 0 Å². The van der Waals surface area contributed by atoms with Gasteiger partial charge in [0.2, 0.25) is 0 Å². The maximum absolute atomic E-state index is 12.6. The molecule has 0 bridgehead atoms. The number of rotatable bonds is 5. The van der Waals surface area contributed by atoms with Gasteiger partial charge >= 0.3 is 0 Å². The SMILES string of the molecule is CC(C)c1nc(-n2cccc2)sc1C(=O)NCc1cccc(Br)c1. The van der Waals surface area contributed by atoms with Crippen molar-refractivity contribution < 1.29 is 4.79 Å². The van der Waals surface area contributed by atoms with E-state index in [2.05, 4.69) is 40.1 Å². The van der Waals surface area contributed by atoms with Crippen LogP contribution in [0.1, 0.15) is 40.7 Å². The minimum atomic E-state index is -0.0745. The van der Waals surface area contributed by atoms with Crippen molar-refractivity contribution in [2.75, 3.05) is 0 Å². The second-order valence-electron chi connectivity index (χ2n) is 5.77. The first kappa shape index (κ1) is 16.9. The molecule has 0 radical (unpaired) electrons. The molecule has 1 N–H and O–H groups in total. The van der Waals surface area contributed by atoms with E-state index in [1.54, 1.807) is 0 Å². The van der Waals surface area contributed by atoms with Gasteiger partial charge < -0.3 is 9.88 Å². The highest BCUT2D eigenvalue weighted by atomic mass is 79.9. The van der Waals surface area contributed by atoms with Crippen LogP contribution in [-0.4, -0.2) is 15.5 Å². The first-order valence-electron chi connectivity index (χ1n) is 7.71. The number of thiazole rings is 1. The Morgan fingerprint density at radius 1 is 1.29 bits per heavy atom. The summed E-state index contributed by atoms with van der Waals surface area (Å²) in [6.07, 6.45) is 3.87. The molecule has 0 saturated heterocycles. The summed E-state index contributed by atoms with van der Waals surface area (Å²) in [5.41, 5.74) is 1.90. The van der Waals surface area contributed by atoms with Crippen LogP contribution in [0.5, 0.6) is 0 Å². The standard InChI is InChI=1S/C18H18BrN3OS/c1-12(2)15-16(24-18(21-15)22-8-3-4-9-22)17(23)20-11-13-6-5-7-14(19)10-13/h3-10,12H,11H2,1-2H3,(H,20,23). The van der Waals surface area contributed by atoms with Crippen molar-refractivity contribution in [2.24, 2.45) is 0 Å². The Balaban J connectivity index is 1.81. The quantitative estimate of drug-likeness (QED) is 0.667. The number of hydrogen-bond acceptors (Lipinski definition) is 3. The average Bonchev–Trinajstić information content (AvgIpc) is 3.21. The number of amides is 1. The third-order valence-electron chi connectivity index (χ3n) is 3.56. The molecule has 0 aliphatic rings. The molecule has 24 heavy (non-hydrogen) atoms. The van der Waals surface area contributed by atoms with Crippen LogP contribution in [0, 0.1) is 0 Å². The Morgan fingerprint density at radius 3 is 2.71 bits per heavy atom. The minimum absolute atomic E-state index is 0.0745. The topological polar surface area (TPSA) is 46.9 Å². The lowest BCUT2D eigenvalue weighted by Gasteiger charge is -2.07. The maximum atomic E-state index is 12.6. The van der Waals surface area contributed by atoms with Gasteiger partial charge in [0.15, 0.2) is 5.13 Å². The van der Waals surface area contributed by atoms with Crippen molar-refractivity contribution in [3.05, 3.63) is 69.4 Å². The molecular weight excluding hydrogens is 386 g/mol. The molecule has 6 heteroatoms. The molecule has 0 aliphatic heterocycles. The van der Waals surface area contributed by atoms with Gasteiger partial charge in [0.25, 0.3) is 5.91 Å². The average molecular weight is 404 g/mol. The van der Waals surface area contributed by atoms with Crippen molar-refractivity contribution in [1.29, 1.82) is 0 Å². The van der Waals surface area contributed by atoms with Crippen LogP contribution in [-0.2, 0) is 6.54 Å². The Labute approximate surface area is 153 Å². The summed E-state index contributed by atoms with van der Waals surface area (Å²) in [5, 5.41) is 3.81. The smallest absolute Gasteiger partial charge is 0.263 e. The molecule has 0 atom stereocenters. The molecule has 3 aromatic rings. The molecule has 0 aliphatic carbocycles. The number of carbonyl (C=O) groups is 1. The molecule has 0 saturated carbocycles. The Morgan fingerprint density at radius 2 is 2.04 bits per heavy atom. The molecular formula is C18H18BrN3OS. The number of nitrogens with zero attached hydrogens (tertiary/aromatic N) is 2. The van der Waals surface area contributed by atoms with Gasteiger partial charge in [0, 0.05) is 23.4 Å². The molecule has 1 amide bonds. The van der Waals surface area contributed by atoms with E-state index in [0.29, 0.717) is 11.4 Å². The Hall–Kier alpha value is -1.92. The summed E-state index contributed by atoms with van der Waals surface area (Å²) >= 11 is 4.87. The van der Waals surface area contributed by atoms with E-state index in [9.17, 15) is 4.79 Å². The maximum Gasteiger partial charge on any atom is 0.263 e. The number of carbonyl (C=O) groups excluding carboxylic acids is 1. The molecule has 0 fully saturated rings. The molecule has 1 aromatic carbocycles. The fraction of sp³-hybridized carbons (Fsp3) is 0.222. The van der Waals surface area contributed by atoms with Gasteiger partial charge in [0.05, 0.1) is 5.69 Å². The lowest BCUT2D eigenvalue weighted by Crippen LogP contribution is -2.23. The molecule has 2 aromatic heterocycles. The Kier molecular flexibility index (Phi) is 5.16. The van der Waals surface area contributed by atoms with Gasteiger partial charge in [-0.2, -0.15) is 0 Å². The highest BCUT2D eigenvalue weighted by Crippen LogP contribution is 2.27. The summed E-state index contributed by atoms with van der Waals surface area (Å²) in [6.45, 7) is 4.60. The number of nitrogens with one attached hydrogen (secondary N) is 1. The normalized spacial score (nSPS) is 11.0. The molecule has 3 rings (SSSR count). The predicted octanol–water partition coefficient (Wildman–Crippen LogP) is 4.75. The summed E-state index contributed by atoms with van der Waals surface area (Å²) in [6, 6.07) is 11.8. The monoisotopic (exact) mass is 403 g/mol. The summed E-state index contributed by atoms with van der Waals surface area (Å²) in [7, 11) is 0. The minimum Gasteiger partial charge on any atom is -0.347 e. The first-order chi connectivity index (χ1) is 11.5. The third kappa shape index (κ3) is 3.76. The van der Waals surface area contributed by atoms with Crippen molar-refractivity contribution in [2.45, 2.75) is 26.3 Å². The summed E-state index contributed by atoms with van der Waals surface area (Å²) in [4.78, 5) is 18.0. The van der Waals surface area contributed by atoms with E-state index in [1.807, 2.05) is 53.4 Å². The molecule has 0 unspecified atom stereocenters. The zero-order valence-electron chi connectivity index (χ0n) is 13.5. The van der Waals surface area contributed by atoms with Crippen LogP contribution >= 0.6 is 27.3 Å². The zero-order chi connectivity index (χ0) is 17.1. The predicted molar refractivity (Wildman–Crippen MR) is 101 cm³/mol. The summed E-state index contributed by atoms with van der Waals surface area (Å²) < 4.78 is 2.94. The van der Waals surface area contributed by atoms with Gasteiger partial charge in [-0.1, -0.05) is 53.2 Å². The highest BCUT2D eigenvalue weighted by Gasteiger charge is 2.20. The lowest BCUT2D eigenvalue weighted by atomic mass is 10.1. The second-order valence-corrected chi connectivity index (χ2v) is 7.66. The number of benzene rings is 1. The molecule has 0 spiro atoms. The van der Waals surface area contributed by atoms with E-state index in [0.717, 1.165) is 20.9 Å².